The van der Waals surface area contributed by atoms with Crippen molar-refractivity contribution >= 4 is 5.97 Å². The van der Waals surface area contributed by atoms with Gasteiger partial charge in [0.05, 0.1) is 12.0 Å². The van der Waals surface area contributed by atoms with Gasteiger partial charge in [-0.3, -0.25) is 4.79 Å². The number of nitrogens with one attached hydrogen (secondary N) is 1. The van der Waals surface area contributed by atoms with Gasteiger partial charge in [0.1, 0.15) is 0 Å². The van der Waals surface area contributed by atoms with Crippen LogP contribution < -0.4 is 5.32 Å². The third-order valence-corrected chi connectivity index (χ3v) is 3.76. The molecule has 0 aromatic heterocycles. The molecule has 2 rings (SSSR count). The third-order valence-electron chi connectivity index (χ3n) is 3.76. The van der Waals surface area contributed by atoms with Crippen molar-refractivity contribution in [1.82, 2.24) is 5.32 Å². The summed E-state index contributed by atoms with van der Waals surface area (Å²) in [5.74, 6) is -0.699. The average molecular weight is 249 g/mol. The molecule has 0 spiro atoms. The van der Waals surface area contributed by atoms with Gasteiger partial charge in [0.25, 0.3) is 0 Å². The summed E-state index contributed by atoms with van der Waals surface area (Å²) in [7, 11) is 0. The van der Waals surface area contributed by atoms with E-state index < -0.39 is 11.4 Å². The van der Waals surface area contributed by atoms with E-state index in [1.807, 2.05) is 24.3 Å². The van der Waals surface area contributed by atoms with Gasteiger partial charge in [-0.1, -0.05) is 24.3 Å². The highest BCUT2D eigenvalue weighted by molar-refractivity contribution is 5.75. The molecule has 0 atom stereocenters. The maximum Gasteiger partial charge on any atom is 0.310 e. The van der Waals surface area contributed by atoms with Crippen LogP contribution in [-0.4, -0.2) is 29.3 Å². The number of carbonyl (C=O) groups is 1. The second-order valence-electron chi connectivity index (χ2n) is 4.99. The van der Waals surface area contributed by atoms with E-state index in [0.717, 1.165) is 24.2 Å². The molecule has 0 radical (unpaired) electrons. The molecule has 1 aliphatic heterocycles. The van der Waals surface area contributed by atoms with Crippen molar-refractivity contribution in [2.24, 2.45) is 5.41 Å². The first kappa shape index (κ1) is 13.1. The maximum atomic E-state index is 11.5. The van der Waals surface area contributed by atoms with Crippen LogP contribution >= 0.6 is 0 Å². The Kier molecular flexibility index (Phi) is 3.99. The largest absolute Gasteiger partial charge is 0.481 e. The third kappa shape index (κ3) is 2.71. The van der Waals surface area contributed by atoms with Crippen LogP contribution in [0.5, 0.6) is 0 Å². The fraction of sp³-hybridized carbons (Fsp3) is 0.500. The number of hydrogen-bond acceptors (Lipinski definition) is 3. The Labute approximate surface area is 107 Å². The number of benzene rings is 1. The summed E-state index contributed by atoms with van der Waals surface area (Å²) in [6.07, 6.45) is 1.91. The van der Waals surface area contributed by atoms with Crippen LogP contribution in [0.3, 0.4) is 0 Å². The Morgan fingerprint density at radius 2 is 1.72 bits per heavy atom. The molecule has 3 N–H and O–H groups in total. The fourth-order valence-corrected chi connectivity index (χ4v) is 2.52. The number of piperidine rings is 1. The monoisotopic (exact) mass is 249 g/mol. The van der Waals surface area contributed by atoms with Crippen molar-refractivity contribution in [3.05, 3.63) is 35.4 Å². The standard InChI is InChI=1S/C14H19NO3/c16-10-12-3-1-11(2-4-12)9-14(13(17)18)5-7-15-8-6-14/h1-4,15-16H,5-10H2,(H,17,18). The first-order valence-electron chi connectivity index (χ1n) is 6.29. The molecule has 0 amide bonds. The molecule has 1 aromatic rings. The SMILES string of the molecule is O=C(O)C1(Cc2ccc(CO)cc2)CCNCC1. The summed E-state index contributed by atoms with van der Waals surface area (Å²) < 4.78 is 0. The van der Waals surface area contributed by atoms with Gasteiger partial charge in [-0.25, -0.2) is 0 Å². The lowest BCUT2D eigenvalue weighted by molar-refractivity contribution is -0.150. The summed E-state index contributed by atoms with van der Waals surface area (Å²) in [5.41, 5.74) is 1.25. The van der Waals surface area contributed by atoms with Crippen molar-refractivity contribution in [1.29, 1.82) is 0 Å². The Morgan fingerprint density at radius 1 is 1.17 bits per heavy atom. The molecule has 4 nitrogen and oxygen atoms in total. The van der Waals surface area contributed by atoms with Crippen molar-refractivity contribution in [2.45, 2.75) is 25.9 Å². The van der Waals surface area contributed by atoms with Gasteiger partial charge in [0, 0.05) is 0 Å². The lowest BCUT2D eigenvalue weighted by Crippen LogP contribution is -2.43. The van der Waals surface area contributed by atoms with Crippen molar-refractivity contribution in [3.63, 3.8) is 0 Å². The molecule has 4 heteroatoms. The van der Waals surface area contributed by atoms with E-state index in [9.17, 15) is 9.90 Å². The molecule has 1 fully saturated rings. The zero-order valence-electron chi connectivity index (χ0n) is 10.4. The van der Waals surface area contributed by atoms with Gasteiger partial charge >= 0.3 is 5.97 Å². The highest BCUT2D eigenvalue weighted by Crippen LogP contribution is 2.33. The lowest BCUT2D eigenvalue weighted by atomic mass is 9.74. The van der Waals surface area contributed by atoms with Gasteiger partial charge in [-0.15, -0.1) is 0 Å². The Morgan fingerprint density at radius 3 is 2.22 bits per heavy atom. The highest BCUT2D eigenvalue weighted by atomic mass is 16.4. The second-order valence-corrected chi connectivity index (χ2v) is 4.99. The molecular weight excluding hydrogens is 230 g/mol. The lowest BCUT2D eigenvalue weighted by Gasteiger charge is -2.33. The molecule has 98 valence electrons. The summed E-state index contributed by atoms with van der Waals surface area (Å²) in [5, 5.41) is 21.7. The van der Waals surface area contributed by atoms with Gasteiger partial charge < -0.3 is 15.5 Å². The van der Waals surface area contributed by atoms with Crippen LogP contribution in [0.15, 0.2) is 24.3 Å². The predicted molar refractivity (Wildman–Crippen MR) is 68.2 cm³/mol. The first-order chi connectivity index (χ1) is 8.66. The number of aliphatic hydroxyl groups excluding tert-OH is 1. The van der Waals surface area contributed by atoms with Crippen LogP contribution in [0.1, 0.15) is 24.0 Å². The molecule has 18 heavy (non-hydrogen) atoms. The normalized spacial score (nSPS) is 18.5. The minimum Gasteiger partial charge on any atom is -0.481 e. The van der Waals surface area contributed by atoms with E-state index in [-0.39, 0.29) is 6.61 Å². The average Bonchev–Trinajstić information content (AvgIpc) is 2.40. The zero-order valence-corrected chi connectivity index (χ0v) is 10.4. The highest BCUT2D eigenvalue weighted by Gasteiger charge is 2.39. The summed E-state index contributed by atoms with van der Waals surface area (Å²) in [6.45, 7) is 1.55. The molecule has 0 aliphatic carbocycles. The molecule has 1 aliphatic rings. The van der Waals surface area contributed by atoms with Crippen LogP contribution in [0.25, 0.3) is 0 Å². The minimum atomic E-state index is -0.699. The van der Waals surface area contributed by atoms with E-state index in [2.05, 4.69) is 5.32 Å². The Hall–Kier alpha value is -1.39. The fourth-order valence-electron chi connectivity index (χ4n) is 2.52. The van der Waals surface area contributed by atoms with Crippen LogP contribution in [-0.2, 0) is 17.8 Å². The summed E-state index contributed by atoms with van der Waals surface area (Å²) >= 11 is 0. The van der Waals surface area contributed by atoms with E-state index in [1.54, 1.807) is 0 Å². The topological polar surface area (TPSA) is 69.6 Å². The molecule has 0 saturated carbocycles. The molecule has 0 unspecified atom stereocenters. The molecule has 1 aromatic carbocycles. The van der Waals surface area contributed by atoms with Gasteiger partial charge in [0.2, 0.25) is 0 Å². The van der Waals surface area contributed by atoms with Crippen LogP contribution in [0.4, 0.5) is 0 Å². The summed E-state index contributed by atoms with van der Waals surface area (Å²) in [4.78, 5) is 11.5. The maximum absolute atomic E-state index is 11.5. The molecular formula is C14H19NO3. The number of aliphatic hydroxyl groups is 1. The second kappa shape index (κ2) is 5.50. The van der Waals surface area contributed by atoms with Gasteiger partial charge in [-0.05, 0) is 43.5 Å². The van der Waals surface area contributed by atoms with Crippen LogP contribution in [0, 0.1) is 5.41 Å². The van der Waals surface area contributed by atoms with Crippen molar-refractivity contribution in [3.8, 4) is 0 Å². The van der Waals surface area contributed by atoms with E-state index in [4.69, 9.17) is 5.11 Å². The van der Waals surface area contributed by atoms with E-state index >= 15 is 0 Å². The van der Waals surface area contributed by atoms with Crippen molar-refractivity contribution in [2.75, 3.05) is 13.1 Å². The van der Waals surface area contributed by atoms with Gasteiger partial charge in [-0.2, -0.15) is 0 Å². The molecule has 0 bridgehead atoms. The quantitative estimate of drug-likeness (QED) is 0.749. The van der Waals surface area contributed by atoms with E-state index in [0.29, 0.717) is 19.3 Å². The number of rotatable bonds is 4. The zero-order chi connectivity index (χ0) is 13.0. The van der Waals surface area contributed by atoms with Gasteiger partial charge in [0.15, 0.2) is 0 Å². The smallest absolute Gasteiger partial charge is 0.310 e. The number of hydrogen-bond donors (Lipinski definition) is 3. The number of carboxylic acid groups (broad SMARTS) is 1. The summed E-state index contributed by atoms with van der Waals surface area (Å²) in [6, 6.07) is 7.54. The number of carboxylic acids is 1. The first-order valence-corrected chi connectivity index (χ1v) is 6.29. The molecule has 1 saturated heterocycles. The van der Waals surface area contributed by atoms with Crippen LogP contribution in [0.2, 0.25) is 0 Å². The minimum absolute atomic E-state index is 0.0221. The predicted octanol–water partition coefficient (Wildman–Crippen LogP) is 1.18. The number of aliphatic carboxylic acids is 1. The van der Waals surface area contributed by atoms with Crippen molar-refractivity contribution < 1.29 is 15.0 Å². The Balaban J connectivity index is 2.15. The Bertz CT molecular complexity index is 408. The molecule has 1 heterocycles. The van der Waals surface area contributed by atoms with E-state index in [1.165, 1.54) is 0 Å².